The van der Waals surface area contributed by atoms with Crippen molar-refractivity contribution in [2.75, 3.05) is 0 Å². The van der Waals surface area contributed by atoms with Gasteiger partial charge >= 0.3 is 0 Å². The minimum atomic E-state index is -1.99. The number of ether oxygens (including phenoxy) is 1. The van der Waals surface area contributed by atoms with Crippen LogP contribution in [0.4, 0.5) is 0 Å². The molecule has 0 aromatic rings. The fourth-order valence-corrected chi connectivity index (χ4v) is 12.9. The topological polar surface area (TPSA) is 40.2 Å². The van der Waals surface area contributed by atoms with Crippen molar-refractivity contribution in [3.8, 4) is 0 Å². The zero-order valence-corrected chi connectivity index (χ0v) is 32.4. The van der Waals surface area contributed by atoms with E-state index in [-0.39, 0.29) is 38.9 Å². The van der Waals surface area contributed by atoms with Gasteiger partial charge in [-0.15, -0.1) is 0 Å². The molecule has 1 heterocycles. The fourth-order valence-electron chi connectivity index (χ4n) is 8.88. The molecule has 0 amide bonds. The molecule has 5 rings (SSSR count). The molecule has 5 aliphatic rings. The van der Waals surface area contributed by atoms with Crippen molar-refractivity contribution in [3.63, 3.8) is 0 Å². The minimum Gasteiger partial charge on any atom is -0.414 e. The van der Waals surface area contributed by atoms with Gasteiger partial charge in [0.2, 0.25) is 0 Å². The summed E-state index contributed by atoms with van der Waals surface area (Å²) in [7, 11) is -5.56. The van der Waals surface area contributed by atoms with Crippen molar-refractivity contribution >= 4 is 25.0 Å². The smallest absolute Gasteiger partial charge is 0.192 e. The summed E-state index contributed by atoms with van der Waals surface area (Å²) < 4.78 is 28.1. The van der Waals surface area contributed by atoms with Crippen LogP contribution < -0.4 is 0 Å². The third-order valence-corrected chi connectivity index (χ3v) is 23.3. The zero-order chi connectivity index (χ0) is 30.8. The highest BCUT2D eigenvalue weighted by atomic mass is 28.4. The second-order valence-corrected chi connectivity index (χ2v) is 33.1. The fraction of sp³-hybridized carbons (Fsp3) is 0.941. The van der Waals surface area contributed by atoms with E-state index in [4.69, 9.17) is 18.0 Å². The van der Waals surface area contributed by atoms with Crippen LogP contribution in [0, 0.1) is 28.6 Å². The Morgan fingerprint density at radius 2 is 1.39 bits per heavy atom. The lowest BCUT2D eigenvalue weighted by molar-refractivity contribution is -0.158. The maximum absolute atomic E-state index is 7.49. The van der Waals surface area contributed by atoms with Gasteiger partial charge in [-0.3, -0.25) is 0 Å². The van der Waals surface area contributed by atoms with E-state index in [1.54, 1.807) is 5.57 Å². The molecular formula is C34H64O4Si3. The van der Waals surface area contributed by atoms with Crippen LogP contribution in [-0.4, -0.2) is 49.1 Å². The first-order chi connectivity index (χ1) is 18.4. The summed E-state index contributed by atoms with van der Waals surface area (Å²) in [5.41, 5.74) is 1.96. The number of hydrogen-bond acceptors (Lipinski definition) is 4. The second kappa shape index (κ2) is 9.62. The molecule has 41 heavy (non-hydrogen) atoms. The summed E-state index contributed by atoms with van der Waals surface area (Å²) in [4.78, 5) is 0. The second-order valence-electron chi connectivity index (χ2n) is 19.2. The summed E-state index contributed by atoms with van der Waals surface area (Å²) in [5.74, 6) is 1.43. The maximum atomic E-state index is 7.49. The molecule has 0 aromatic carbocycles. The largest absolute Gasteiger partial charge is 0.414 e. The van der Waals surface area contributed by atoms with Crippen molar-refractivity contribution in [1.82, 2.24) is 0 Å². The van der Waals surface area contributed by atoms with Crippen LogP contribution in [0.3, 0.4) is 0 Å². The lowest BCUT2D eigenvalue weighted by Crippen LogP contribution is -2.60. The van der Waals surface area contributed by atoms with Crippen LogP contribution in [0.2, 0.25) is 55.9 Å². The van der Waals surface area contributed by atoms with E-state index in [2.05, 4.69) is 107 Å². The predicted molar refractivity (Wildman–Crippen MR) is 179 cm³/mol. The van der Waals surface area contributed by atoms with Crippen molar-refractivity contribution in [1.29, 1.82) is 0 Å². The van der Waals surface area contributed by atoms with Crippen molar-refractivity contribution in [2.45, 2.75) is 174 Å². The van der Waals surface area contributed by atoms with E-state index >= 15 is 0 Å². The van der Waals surface area contributed by atoms with E-state index in [0.29, 0.717) is 23.9 Å². The van der Waals surface area contributed by atoms with E-state index in [1.807, 2.05) is 0 Å². The average Bonchev–Trinajstić information content (AvgIpc) is 3.40. The maximum Gasteiger partial charge on any atom is 0.192 e. The third kappa shape index (κ3) is 5.21. The van der Waals surface area contributed by atoms with Crippen molar-refractivity contribution in [2.24, 2.45) is 28.6 Å². The zero-order valence-electron chi connectivity index (χ0n) is 29.4. The molecule has 0 N–H and O–H groups in total. The molecule has 1 saturated heterocycles. The minimum absolute atomic E-state index is 0.0680. The quantitative estimate of drug-likeness (QED) is 0.168. The van der Waals surface area contributed by atoms with Gasteiger partial charge in [-0.05, 0) is 118 Å². The molecule has 4 fully saturated rings. The van der Waals surface area contributed by atoms with Crippen LogP contribution in [-0.2, 0) is 18.0 Å². The molecule has 0 aromatic heterocycles. The Morgan fingerprint density at radius 3 is 1.95 bits per heavy atom. The first-order valence-corrected chi connectivity index (χ1v) is 26.0. The van der Waals surface area contributed by atoms with Gasteiger partial charge < -0.3 is 18.0 Å². The van der Waals surface area contributed by atoms with Gasteiger partial charge in [0.05, 0.1) is 6.10 Å². The van der Waals surface area contributed by atoms with Crippen molar-refractivity contribution in [3.05, 3.63) is 11.6 Å². The molecule has 4 nitrogen and oxygen atoms in total. The van der Waals surface area contributed by atoms with Gasteiger partial charge in [0.15, 0.2) is 30.7 Å². The monoisotopic (exact) mass is 620 g/mol. The third-order valence-electron chi connectivity index (χ3n) is 13.4. The van der Waals surface area contributed by atoms with Gasteiger partial charge in [-0.25, -0.2) is 0 Å². The van der Waals surface area contributed by atoms with Gasteiger partial charge in [-0.1, -0.05) is 67.0 Å². The molecular weight excluding hydrogens is 557 g/mol. The van der Waals surface area contributed by atoms with Gasteiger partial charge in [0, 0.05) is 11.5 Å². The van der Waals surface area contributed by atoms with Crippen molar-refractivity contribution < 1.29 is 18.0 Å². The standard InChI is InChI=1S/C34H64O4Si3/c1-30(2,3)40(12,13)36-24-16-18-32(7)23(20-24)21-27(37-41(14,15)31(4,5)6)29-25(32)17-19-33(8)26(29)22-28-34(33,35-28)38-39(9,10)11/h21,24-29H,16-20,22H2,1-15H3/t24-,25?,26?,27-,28+,29?,32-,33-,34-/m0/s1. The Balaban J connectivity index is 1.52. The van der Waals surface area contributed by atoms with Gasteiger partial charge in [-0.2, -0.15) is 0 Å². The highest BCUT2D eigenvalue weighted by molar-refractivity contribution is 6.74. The van der Waals surface area contributed by atoms with E-state index < -0.39 is 25.0 Å². The van der Waals surface area contributed by atoms with E-state index in [9.17, 15) is 0 Å². The summed E-state index contributed by atoms with van der Waals surface area (Å²) in [5, 5.41) is 0.421. The Hall–Kier alpha value is 0.231. The first kappa shape index (κ1) is 32.6. The van der Waals surface area contributed by atoms with Crippen LogP contribution in [0.1, 0.15) is 93.9 Å². The molecule has 236 valence electrons. The molecule has 4 aliphatic carbocycles. The highest BCUT2D eigenvalue weighted by Gasteiger charge is 2.79. The summed E-state index contributed by atoms with van der Waals surface area (Å²) in [6.07, 6.45) is 10.6. The number of hydrogen-bond donors (Lipinski definition) is 0. The van der Waals surface area contributed by atoms with E-state index in [1.165, 1.54) is 25.7 Å². The Kier molecular flexibility index (Phi) is 7.65. The molecule has 3 unspecified atom stereocenters. The highest BCUT2D eigenvalue weighted by Crippen LogP contribution is 2.74. The SMILES string of the molecule is CC(C)(C)[Si](C)(C)O[C@H]1CC[C@@]2(C)C(=C[C@H](O[Si](C)(C)C(C)(C)C)C3C2CC[C@@]2(C)C3C[C@H]3O[C@]32O[Si](C)(C)C)C1. The molecule has 0 radical (unpaired) electrons. The lowest BCUT2D eigenvalue weighted by atomic mass is 9.47. The summed E-state index contributed by atoms with van der Waals surface area (Å²) >= 11 is 0. The van der Waals surface area contributed by atoms with E-state index in [0.717, 1.165) is 12.8 Å². The number of rotatable bonds is 6. The summed E-state index contributed by atoms with van der Waals surface area (Å²) in [6.45, 7) is 36.1. The molecule has 9 atom stereocenters. The van der Waals surface area contributed by atoms with Crippen LogP contribution >= 0.6 is 0 Å². The van der Waals surface area contributed by atoms with Gasteiger partial charge in [0.25, 0.3) is 0 Å². The molecule has 7 heteroatoms. The normalized spacial score (nSPS) is 43.0. The Bertz CT molecular complexity index is 1070. The number of fused-ring (bicyclic) bond motifs is 7. The van der Waals surface area contributed by atoms with Crippen LogP contribution in [0.25, 0.3) is 0 Å². The Labute approximate surface area is 256 Å². The molecule has 1 aliphatic heterocycles. The average molecular weight is 621 g/mol. The molecule has 0 spiro atoms. The molecule has 3 saturated carbocycles. The number of epoxide rings is 1. The summed E-state index contributed by atoms with van der Waals surface area (Å²) in [6, 6.07) is 0. The van der Waals surface area contributed by atoms with Crippen LogP contribution in [0.5, 0.6) is 0 Å². The predicted octanol–water partition coefficient (Wildman–Crippen LogP) is 9.90. The lowest BCUT2D eigenvalue weighted by Gasteiger charge is -2.61. The Morgan fingerprint density at radius 1 is 0.805 bits per heavy atom. The van der Waals surface area contributed by atoms with Crippen LogP contribution in [0.15, 0.2) is 11.6 Å². The first-order valence-electron chi connectivity index (χ1n) is 16.8. The van der Waals surface area contributed by atoms with Gasteiger partial charge in [0.1, 0.15) is 6.10 Å². The molecule has 0 bridgehead atoms.